The van der Waals surface area contributed by atoms with Gasteiger partial charge in [-0.2, -0.15) is 0 Å². The number of amides is 1. The first-order valence-corrected chi connectivity index (χ1v) is 7.19. The van der Waals surface area contributed by atoms with Gasteiger partial charge in [0, 0.05) is 18.3 Å². The van der Waals surface area contributed by atoms with Gasteiger partial charge in [0.25, 0.3) is 0 Å². The number of ether oxygens (including phenoxy) is 1. The largest absolute Gasteiger partial charge is 0.465 e. The van der Waals surface area contributed by atoms with Gasteiger partial charge in [-0.05, 0) is 47.5 Å². The average Bonchev–Trinajstić information content (AvgIpc) is 2.59. The molecule has 0 aliphatic heterocycles. The highest BCUT2D eigenvalue weighted by Gasteiger charge is 2.09. The minimum atomic E-state index is -0.517. The predicted octanol–water partition coefficient (Wildman–Crippen LogP) is 2.72. The summed E-state index contributed by atoms with van der Waals surface area (Å²) < 4.78 is 17.8. The van der Waals surface area contributed by atoms with E-state index in [2.05, 4.69) is 10.1 Å². The number of carbonyl (C=O) groups excluding carboxylic acids is 2. The Morgan fingerprint density at radius 3 is 2.71 bits per heavy atom. The molecule has 0 spiro atoms. The molecule has 0 aliphatic rings. The molecule has 0 atom stereocenters. The first kappa shape index (κ1) is 17.4. The molecule has 24 heavy (non-hydrogen) atoms. The number of rotatable bonds is 5. The van der Waals surface area contributed by atoms with Gasteiger partial charge < -0.3 is 15.8 Å². The summed E-state index contributed by atoms with van der Waals surface area (Å²) in [5.41, 5.74) is 7.56. The molecule has 0 saturated carbocycles. The van der Waals surface area contributed by atoms with Crippen molar-refractivity contribution < 1.29 is 18.7 Å². The van der Waals surface area contributed by atoms with Crippen molar-refractivity contribution in [1.29, 1.82) is 0 Å². The molecule has 3 N–H and O–H groups in total. The van der Waals surface area contributed by atoms with E-state index in [-0.39, 0.29) is 12.4 Å². The SMILES string of the molecule is COC(=O)c1cc(CN)cc(NC(=O)/C=C/c2cccc(F)c2)c1. The maximum atomic E-state index is 13.1. The van der Waals surface area contributed by atoms with Crippen LogP contribution in [0.4, 0.5) is 10.1 Å². The zero-order valence-electron chi connectivity index (χ0n) is 13.1. The molecule has 2 aromatic carbocycles. The van der Waals surface area contributed by atoms with Crippen molar-refractivity contribution in [3.63, 3.8) is 0 Å². The molecule has 2 aromatic rings. The Kier molecular flexibility index (Phi) is 5.81. The van der Waals surface area contributed by atoms with E-state index in [1.165, 1.54) is 37.5 Å². The summed E-state index contributed by atoms with van der Waals surface area (Å²) in [6.45, 7) is 0.215. The molecule has 0 heterocycles. The second-order valence-electron chi connectivity index (χ2n) is 4.99. The number of anilines is 1. The van der Waals surface area contributed by atoms with Crippen LogP contribution in [-0.4, -0.2) is 19.0 Å². The molecule has 0 aliphatic carbocycles. The molecule has 0 unspecified atom stereocenters. The van der Waals surface area contributed by atoms with Crippen LogP contribution < -0.4 is 11.1 Å². The van der Waals surface area contributed by atoms with Crippen molar-refractivity contribution in [3.8, 4) is 0 Å². The second kappa shape index (κ2) is 8.03. The van der Waals surface area contributed by atoms with Crippen LogP contribution in [0.25, 0.3) is 6.08 Å². The Balaban J connectivity index is 2.14. The Labute approximate surface area is 138 Å². The van der Waals surface area contributed by atoms with Crippen LogP contribution in [0.5, 0.6) is 0 Å². The van der Waals surface area contributed by atoms with Crippen LogP contribution in [-0.2, 0) is 16.1 Å². The fourth-order valence-corrected chi connectivity index (χ4v) is 2.08. The quantitative estimate of drug-likeness (QED) is 0.653. The summed E-state index contributed by atoms with van der Waals surface area (Å²) >= 11 is 0. The van der Waals surface area contributed by atoms with Crippen LogP contribution in [0.2, 0.25) is 0 Å². The number of hydrogen-bond donors (Lipinski definition) is 2. The first-order valence-electron chi connectivity index (χ1n) is 7.19. The van der Waals surface area contributed by atoms with Crippen molar-refractivity contribution in [2.24, 2.45) is 5.73 Å². The number of nitrogens with two attached hydrogens (primary N) is 1. The molecule has 6 heteroatoms. The normalized spacial score (nSPS) is 10.6. The number of halogens is 1. The second-order valence-corrected chi connectivity index (χ2v) is 4.99. The topological polar surface area (TPSA) is 81.4 Å². The highest BCUT2D eigenvalue weighted by atomic mass is 19.1. The number of hydrogen-bond acceptors (Lipinski definition) is 4. The molecule has 2 rings (SSSR count). The van der Waals surface area contributed by atoms with Crippen molar-refractivity contribution in [1.82, 2.24) is 0 Å². The summed E-state index contributed by atoms with van der Waals surface area (Å²) in [5, 5.41) is 2.64. The van der Waals surface area contributed by atoms with E-state index in [1.807, 2.05) is 0 Å². The van der Waals surface area contributed by atoms with E-state index >= 15 is 0 Å². The molecule has 124 valence electrons. The average molecular weight is 328 g/mol. The van der Waals surface area contributed by atoms with Crippen molar-refractivity contribution in [3.05, 3.63) is 71.0 Å². The molecule has 1 amide bonds. The van der Waals surface area contributed by atoms with E-state index < -0.39 is 11.9 Å². The van der Waals surface area contributed by atoms with Gasteiger partial charge in [0.1, 0.15) is 5.82 Å². The minimum Gasteiger partial charge on any atom is -0.465 e. The maximum Gasteiger partial charge on any atom is 0.337 e. The Bertz CT molecular complexity index is 788. The van der Waals surface area contributed by atoms with Gasteiger partial charge in [-0.25, -0.2) is 9.18 Å². The van der Waals surface area contributed by atoms with Gasteiger partial charge in [0.15, 0.2) is 0 Å². The standard InChI is InChI=1S/C18H17FN2O3/c1-24-18(23)14-7-13(11-20)9-16(10-14)21-17(22)6-5-12-3-2-4-15(19)8-12/h2-10H,11,20H2,1H3,(H,21,22)/b6-5+. The lowest BCUT2D eigenvalue weighted by atomic mass is 10.1. The zero-order valence-corrected chi connectivity index (χ0v) is 13.1. The monoisotopic (exact) mass is 328 g/mol. The molecular formula is C18H17FN2O3. The Morgan fingerprint density at radius 2 is 2.04 bits per heavy atom. The third-order valence-corrected chi connectivity index (χ3v) is 3.19. The summed E-state index contributed by atoms with van der Waals surface area (Å²) in [5.74, 6) is -1.31. The lowest BCUT2D eigenvalue weighted by Crippen LogP contribution is -2.11. The summed E-state index contributed by atoms with van der Waals surface area (Å²) in [6.07, 6.45) is 2.77. The molecule has 5 nitrogen and oxygen atoms in total. The minimum absolute atomic E-state index is 0.215. The van der Waals surface area contributed by atoms with Crippen LogP contribution >= 0.6 is 0 Å². The van der Waals surface area contributed by atoms with Gasteiger partial charge >= 0.3 is 5.97 Å². The molecule has 0 fully saturated rings. The number of esters is 1. The van der Waals surface area contributed by atoms with Crippen LogP contribution in [0.1, 0.15) is 21.5 Å². The predicted molar refractivity (Wildman–Crippen MR) is 89.7 cm³/mol. The molecule has 0 bridgehead atoms. The van der Waals surface area contributed by atoms with Gasteiger partial charge in [0.2, 0.25) is 5.91 Å². The highest BCUT2D eigenvalue weighted by molar-refractivity contribution is 6.02. The number of nitrogens with one attached hydrogen (secondary N) is 1. The van der Waals surface area contributed by atoms with E-state index in [0.29, 0.717) is 22.4 Å². The maximum absolute atomic E-state index is 13.1. The third kappa shape index (κ3) is 4.76. The number of benzene rings is 2. The molecular weight excluding hydrogens is 311 g/mol. The van der Waals surface area contributed by atoms with Gasteiger partial charge in [-0.3, -0.25) is 4.79 Å². The van der Waals surface area contributed by atoms with E-state index in [4.69, 9.17) is 5.73 Å². The molecule has 0 radical (unpaired) electrons. The smallest absolute Gasteiger partial charge is 0.337 e. The number of methoxy groups -OCH3 is 1. The summed E-state index contributed by atoms with van der Waals surface area (Å²) in [6, 6.07) is 10.6. The van der Waals surface area contributed by atoms with Gasteiger partial charge in [-0.15, -0.1) is 0 Å². The Hall–Kier alpha value is -2.99. The van der Waals surface area contributed by atoms with E-state index in [0.717, 1.165) is 0 Å². The highest BCUT2D eigenvalue weighted by Crippen LogP contribution is 2.16. The van der Waals surface area contributed by atoms with Crippen molar-refractivity contribution in [2.45, 2.75) is 6.54 Å². The Morgan fingerprint density at radius 1 is 1.25 bits per heavy atom. The molecule has 0 saturated heterocycles. The number of carbonyl (C=O) groups is 2. The van der Waals surface area contributed by atoms with E-state index in [9.17, 15) is 14.0 Å². The third-order valence-electron chi connectivity index (χ3n) is 3.19. The lowest BCUT2D eigenvalue weighted by molar-refractivity contribution is -0.111. The lowest BCUT2D eigenvalue weighted by Gasteiger charge is -2.08. The summed E-state index contributed by atoms with van der Waals surface area (Å²) in [4.78, 5) is 23.6. The van der Waals surface area contributed by atoms with Crippen LogP contribution in [0.3, 0.4) is 0 Å². The van der Waals surface area contributed by atoms with Crippen LogP contribution in [0.15, 0.2) is 48.5 Å². The first-order chi connectivity index (χ1) is 11.5. The fraction of sp³-hybridized carbons (Fsp3) is 0.111. The zero-order chi connectivity index (χ0) is 17.5. The summed E-state index contributed by atoms with van der Waals surface area (Å²) in [7, 11) is 1.28. The van der Waals surface area contributed by atoms with Gasteiger partial charge in [-0.1, -0.05) is 12.1 Å². The van der Waals surface area contributed by atoms with Crippen molar-refractivity contribution >= 4 is 23.6 Å². The van der Waals surface area contributed by atoms with E-state index in [1.54, 1.807) is 24.3 Å². The molecule has 0 aromatic heterocycles. The fourth-order valence-electron chi connectivity index (χ4n) is 2.08. The van der Waals surface area contributed by atoms with Crippen molar-refractivity contribution in [2.75, 3.05) is 12.4 Å². The van der Waals surface area contributed by atoms with Gasteiger partial charge in [0.05, 0.1) is 12.7 Å². The van der Waals surface area contributed by atoms with Crippen LogP contribution in [0, 0.1) is 5.82 Å².